The quantitative estimate of drug-likeness (QED) is 0.178. The minimum atomic E-state index is -0.142. The van der Waals surface area contributed by atoms with Crippen molar-refractivity contribution in [2.75, 3.05) is 0 Å². The van der Waals surface area contributed by atoms with E-state index in [4.69, 9.17) is 4.42 Å². The molecule has 0 fully saturated rings. The van der Waals surface area contributed by atoms with Gasteiger partial charge < -0.3 is 4.42 Å². The molecule has 0 radical (unpaired) electrons. The molecule has 0 unspecified atom stereocenters. The largest absolute Gasteiger partial charge is 0.456 e. The molecule has 1 nitrogen and oxygen atoms in total. The van der Waals surface area contributed by atoms with Gasteiger partial charge in [0.25, 0.3) is 0 Å². The smallest absolute Gasteiger partial charge is 0.135 e. The predicted octanol–water partition coefficient (Wildman–Crippen LogP) is 13.3. The van der Waals surface area contributed by atoms with E-state index in [1.807, 2.05) is 12.1 Å². The molecule has 1 heterocycles. The fourth-order valence-electron chi connectivity index (χ4n) is 8.81. The Morgan fingerprint density at radius 2 is 1.02 bits per heavy atom. The van der Waals surface area contributed by atoms with Gasteiger partial charge in [0, 0.05) is 16.2 Å². The molecule has 1 aliphatic carbocycles. The number of benzene rings is 9. The Hall–Kier alpha value is -5.92. The first-order valence-electron chi connectivity index (χ1n) is 16.8. The highest BCUT2D eigenvalue weighted by molar-refractivity contribution is 6.25. The van der Waals surface area contributed by atoms with Gasteiger partial charge in [-0.2, -0.15) is 0 Å². The number of furan rings is 1. The fraction of sp³-hybridized carbons (Fsp3) is 0.0638. The van der Waals surface area contributed by atoms with Crippen LogP contribution in [0.4, 0.5) is 0 Å². The van der Waals surface area contributed by atoms with Crippen molar-refractivity contribution in [2.24, 2.45) is 0 Å². The second-order valence-electron chi connectivity index (χ2n) is 14.1. The molecule has 0 amide bonds. The third-order valence-corrected chi connectivity index (χ3v) is 11.2. The molecule has 48 heavy (non-hydrogen) atoms. The Bertz CT molecular complexity index is 2960. The number of hydrogen-bond donors (Lipinski definition) is 0. The van der Waals surface area contributed by atoms with Crippen LogP contribution in [0.1, 0.15) is 25.0 Å². The van der Waals surface area contributed by atoms with Crippen LogP contribution in [-0.4, -0.2) is 0 Å². The third kappa shape index (κ3) is 3.40. The lowest BCUT2D eigenvalue weighted by atomic mass is 9.80. The van der Waals surface area contributed by atoms with E-state index >= 15 is 0 Å². The molecule has 224 valence electrons. The van der Waals surface area contributed by atoms with Gasteiger partial charge in [0.05, 0.1) is 0 Å². The summed E-state index contributed by atoms with van der Waals surface area (Å²) in [7, 11) is 0. The Morgan fingerprint density at radius 3 is 1.92 bits per heavy atom. The zero-order valence-electron chi connectivity index (χ0n) is 26.8. The van der Waals surface area contributed by atoms with Crippen LogP contribution in [0.15, 0.2) is 150 Å². The van der Waals surface area contributed by atoms with Crippen molar-refractivity contribution < 1.29 is 4.42 Å². The van der Waals surface area contributed by atoms with Crippen molar-refractivity contribution in [3.05, 3.63) is 157 Å². The zero-order valence-corrected chi connectivity index (χ0v) is 26.8. The van der Waals surface area contributed by atoms with Gasteiger partial charge in [0.2, 0.25) is 0 Å². The van der Waals surface area contributed by atoms with Crippen LogP contribution >= 0.6 is 0 Å². The summed E-state index contributed by atoms with van der Waals surface area (Å²) in [6, 6.07) is 54.1. The molecule has 1 heteroatoms. The van der Waals surface area contributed by atoms with Crippen LogP contribution < -0.4 is 0 Å². The summed E-state index contributed by atoms with van der Waals surface area (Å²) in [6.07, 6.45) is 0. The van der Waals surface area contributed by atoms with Gasteiger partial charge in [-0.25, -0.2) is 0 Å². The fourth-order valence-corrected chi connectivity index (χ4v) is 8.81. The zero-order chi connectivity index (χ0) is 31.7. The van der Waals surface area contributed by atoms with Crippen molar-refractivity contribution in [2.45, 2.75) is 19.3 Å². The van der Waals surface area contributed by atoms with Gasteiger partial charge in [0.1, 0.15) is 11.2 Å². The maximum Gasteiger partial charge on any atom is 0.135 e. The SMILES string of the molecule is CC1(C)c2cc(-c3ccc4ccc5cccc6ccc3c4c56)ccc2-c2cc3cccc(-c4ccc5oc6ccccc6c5c4)c3cc21. The third-order valence-electron chi connectivity index (χ3n) is 11.2. The van der Waals surface area contributed by atoms with E-state index in [0.29, 0.717) is 0 Å². The first-order valence-corrected chi connectivity index (χ1v) is 16.8. The molecule has 0 N–H and O–H groups in total. The average molecular weight is 611 g/mol. The summed E-state index contributed by atoms with van der Waals surface area (Å²) in [5.41, 5.74) is 12.2. The monoisotopic (exact) mass is 610 g/mol. The number of rotatable bonds is 2. The first-order chi connectivity index (χ1) is 23.5. The normalized spacial score (nSPS) is 13.8. The molecular weight excluding hydrogens is 581 g/mol. The van der Waals surface area contributed by atoms with Gasteiger partial charge in [-0.1, -0.05) is 123 Å². The summed E-state index contributed by atoms with van der Waals surface area (Å²) >= 11 is 0. The van der Waals surface area contributed by atoms with Crippen molar-refractivity contribution >= 4 is 65.0 Å². The Balaban J connectivity index is 1.08. The summed E-state index contributed by atoms with van der Waals surface area (Å²) in [5, 5.41) is 12.8. The molecule has 0 spiro atoms. The van der Waals surface area contributed by atoms with Crippen molar-refractivity contribution in [1.29, 1.82) is 0 Å². The Labute approximate surface area is 278 Å². The Kier molecular flexibility index (Phi) is 4.97. The highest BCUT2D eigenvalue weighted by atomic mass is 16.3. The van der Waals surface area contributed by atoms with Crippen LogP contribution in [0.25, 0.3) is 98.4 Å². The standard InChI is InChI=1S/C47H30O/c1-47(2)41-25-32(34-19-15-29-14-13-27-7-5-8-28-16-21-37(34)46(29)45(27)28)17-20-35(41)39-23-30-9-6-11-33(38(30)26-42(39)47)31-18-22-44-40(24-31)36-10-3-4-12-43(36)48-44/h3-26H,1-2H3. The minimum absolute atomic E-state index is 0.142. The van der Waals surface area contributed by atoms with Crippen LogP contribution in [-0.2, 0) is 5.41 Å². The van der Waals surface area contributed by atoms with E-state index in [1.165, 1.54) is 87.6 Å². The van der Waals surface area contributed by atoms with Crippen LogP contribution in [0, 0.1) is 0 Å². The lowest BCUT2D eigenvalue weighted by Gasteiger charge is -2.23. The van der Waals surface area contributed by atoms with Crippen molar-refractivity contribution in [1.82, 2.24) is 0 Å². The van der Waals surface area contributed by atoms with Gasteiger partial charge in [-0.3, -0.25) is 0 Å². The molecule has 0 atom stereocenters. The molecule has 0 saturated heterocycles. The highest BCUT2D eigenvalue weighted by Gasteiger charge is 2.36. The maximum atomic E-state index is 6.15. The predicted molar refractivity (Wildman–Crippen MR) is 203 cm³/mol. The van der Waals surface area contributed by atoms with E-state index < -0.39 is 0 Å². The van der Waals surface area contributed by atoms with Crippen molar-refractivity contribution in [3.8, 4) is 33.4 Å². The van der Waals surface area contributed by atoms with Crippen LogP contribution in [0.5, 0.6) is 0 Å². The molecule has 1 aromatic heterocycles. The second kappa shape index (κ2) is 9.12. The number of fused-ring (bicyclic) bond motifs is 7. The van der Waals surface area contributed by atoms with Gasteiger partial charge in [-0.05, 0) is 124 Å². The second-order valence-corrected chi connectivity index (χ2v) is 14.1. The van der Waals surface area contributed by atoms with Gasteiger partial charge >= 0.3 is 0 Å². The topological polar surface area (TPSA) is 13.1 Å². The lowest BCUT2D eigenvalue weighted by molar-refractivity contribution is 0.661. The van der Waals surface area contributed by atoms with Gasteiger partial charge in [0.15, 0.2) is 0 Å². The average Bonchev–Trinajstić information content (AvgIpc) is 3.60. The van der Waals surface area contributed by atoms with Crippen LogP contribution in [0.2, 0.25) is 0 Å². The lowest BCUT2D eigenvalue weighted by Crippen LogP contribution is -2.15. The first kappa shape index (κ1) is 26.2. The molecule has 10 aromatic rings. The number of hydrogen-bond acceptors (Lipinski definition) is 1. The maximum absolute atomic E-state index is 6.15. The van der Waals surface area contributed by atoms with E-state index in [2.05, 4.69) is 147 Å². The summed E-state index contributed by atoms with van der Waals surface area (Å²) in [6.45, 7) is 4.79. The molecule has 9 aromatic carbocycles. The molecule has 0 saturated carbocycles. The van der Waals surface area contributed by atoms with E-state index in [-0.39, 0.29) is 5.41 Å². The summed E-state index contributed by atoms with van der Waals surface area (Å²) in [4.78, 5) is 0. The Morgan fingerprint density at radius 1 is 0.375 bits per heavy atom. The minimum Gasteiger partial charge on any atom is -0.456 e. The number of para-hydroxylation sites is 1. The molecule has 0 aliphatic heterocycles. The highest BCUT2D eigenvalue weighted by Crippen LogP contribution is 2.52. The van der Waals surface area contributed by atoms with E-state index in [9.17, 15) is 0 Å². The summed E-state index contributed by atoms with van der Waals surface area (Å²) < 4.78 is 6.15. The molecular formula is C47H30O. The van der Waals surface area contributed by atoms with Crippen molar-refractivity contribution in [3.63, 3.8) is 0 Å². The van der Waals surface area contributed by atoms with E-state index in [0.717, 1.165) is 21.9 Å². The molecule has 11 rings (SSSR count). The molecule has 0 bridgehead atoms. The molecule has 1 aliphatic rings. The summed E-state index contributed by atoms with van der Waals surface area (Å²) in [5.74, 6) is 0. The van der Waals surface area contributed by atoms with Crippen LogP contribution in [0.3, 0.4) is 0 Å². The van der Waals surface area contributed by atoms with Gasteiger partial charge in [-0.15, -0.1) is 0 Å². The van der Waals surface area contributed by atoms with E-state index in [1.54, 1.807) is 0 Å².